The first kappa shape index (κ1) is 34.9. The van der Waals surface area contributed by atoms with Crippen molar-refractivity contribution in [1.82, 2.24) is 14.8 Å². The van der Waals surface area contributed by atoms with Crippen LogP contribution in [0, 0.1) is 5.92 Å². The number of aliphatic hydroxyl groups excluding tert-OH is 1. The largest absolute Gasteiger partial charge is 0.497 e. The molecule has 0 radical (unpaired) electrons. The quantitative estimate of drug-likeness (QED) is 0.328. The summed E-state index contributed by atoms with van der Waals surface area (Å²) in [5.41, 5.74) is 2.42. The number of nitrogens with one attached hydrogen (secondary N) is 1. The number of hydrogen-bond donors (Lipinski definition) is 2. The molecule has 0 fully saturated rings. The van der Waals surface area contributed by atoms with Crippen molar-refractivity contribution in [1.29, 1.82) is 0 Å². The van der Waals surface area contributed by atoms with E-state index < -0.39 is 6.04 Å². The summed E-state index contributed by atoms with van der Waals surface area (Å²) in [5, 5.41) is 13.1. The summed E-state index contributed by atoms with van der Waals surface area (Å²) in [6.45, 7) is 8.10. The molecule has 1 aromatic heterocycles. The van der Waals surface area contributed by atoms with E-state index in [1.165, 1.54) is 5.56 Å². The molecular weight excluding hydrogens is 584 g/mol. The van der Waals surface area contributed by atoms with Gasteiger partial charge >= 0.3 is 0 Å². The molecule has 0 aliphatic carbocycles. The van der Waals surface area contributed by atoms with Crippen molar-refractivity contribution in [2.24, 2.45) is 5.92 Å². The fourth-order valence-electron chi connectivity index (χ4n) is 5.58. The normalized spacial score (nSPS) is 20.3. The van der Waals surface area contributed by atoms with Gasteiger partial charge in [-0.05, 0) is 88.2 Å². The van der Waals surface area contributed by atoms with Crippen LogP contribution < -0.4 is 14.8 Å². The summed E-state index contributed by atoms with van der Waals surface area (Å²) in [6.07, 6.45) is 5.43. The van der Waals surface area contributed by atoms with Gasteiger partial charge in [-0.2, -0.15) is 0 Å². The number of likely N-dealkylation sites (N-methyl/N-ethyl adjacent to an activating group) is 1. The molecule has 248 valence electrons. The maximum atomic E-state index is 14.3. The fraction of sp³-hybridized carbons (Fsp3) is 0.472. The van der Waals surface area contributed by atoms with Crippen LogP contribution in [0.1, 0.15) is 66.3 Å². The van der Waals surface area contributed by atoms with Crippen LogP contribution in [-0.4, -0.2) is 90.4 Å². The summed E-state index contributed by atoms with van der Waals surface area (Å²) in [6, 6.07) is 16.0. The van der Waals surface area contributed by atoms with Crippen LogP contribution in [0.5, 0.6) is 11.5 Å². The molecule has 2 N–H and O–H groups in total. The van der Waals surface area contributed by atoms with Crippen molar-refractivity contribution in [2.75, 3.05) is 45.8 Å². The van der Waals surface area contributed by atoms with Crippen LogP contribution in [0.25, 0.3) is 0 Å². The number of methoxy groups -OCH3 is 1. The number of nitrogens with zero attached hydrogens (tertiary/aromatic N) is 3. The molecule has 2 aromatic carbocycles. The van der Waals surface area contributed by atoms with E-state index in [2.05, 4.69) is 41.3 Å². The van der Waals surface area contributed by atoms with Gasteiger partial charge in [0, 0.05) is 55.8 Å². The van der Waals surface area contributed by atoms with E-state index in [0.717, 1.165) is 31.6 Å². The average molecular weight is 633 g/mol. The molecule has 1 aliphatic rings. The van der Waals surface area contributed by atoms with Crippen molar-refractivity contribution in [3.05, 3.63) is 83.7 Å². The van der Waals surface area contributed by atoms with Gasteiger partial charge in [-0.3, -0.25) is 19.5 Å². The van der Waals surface area contributed by atoms with E-state index in [1.807, 2.05) is 26.0 Å². The minimum absolute atomic E-state index is 0.0444. The number of aromatic nitrogens is 1. The zero-order valence-corrected chi connectivity index (χ0v) is 27.6. The minimum Gasteiger partial charge on any atom is -0.497 e. The lowest BCUT2D eigenvalue weighted by Gasteiger charge is -2.36. The molecule has 10 heteroatoms. The maximum absolute atomic E-state index is 14.3. The van der Waals surface area contributed by atoms with Gasteiger partial charge in [0.15, 0.2) is 0 Å². The number of fused-ring (bicyclic) bond motifs is 1. The van der Waals surface area contributed by atoms with Gasteiger partial charge in [-0.25, -0.2) is 0 Å². The lowest BCUT2D eigenvalue weighted by molar-refractivity contribution is -0.0177. The number of hydrogen-bond acceptors (Lipinski definition) is 8. The predicted octanol–water partition coefficient (Wildman–Crippen LogP) is 5.27. The summed E-state index contributed by atoms with van der Waals surface area (Å²) in [7, 11) is 3.73. The van der Waals surface area contributed by atoms with Crippen LogP contribution in [0.2, 0.25) is 0 Å². The molecule has 0 bridgehead atoms. The minimum atomic E-state index is -0.458. The van der Waals surface area contributed by atoms with Gasteiger partial charge in [0.05, 0.1) is 37.5 Å². The first-order chi connectivity index (χ1) is 22.2. The van der Waals surface area contributed by atoms with Gasteiger partial charge in [0.25, 0.3) is 11.8 Å². The second kappa shape index (κ2) is 17.1. The molecule has 10 nitrogen and oxygen atoms in total. The van der Waals surface area contributed by atoms with Crippen molar-refractivity contribution < 1.29 is 28.9 Å². The van der Waals surface area contributed by atoms with Gasteiger partial charge in [0.2, 0.25) is 0 Å². The summed E-state index contributed by atoms with van der Waals surface area (Å²) >= 11 is 0. The topological polar surface area (TPSA) is 113 Å². The Labute approximate surface area is 272 Å². The Balaban J connectivity index is 1.59. The van der Waals surface area contributed by atoms with Crippen LogP contribution in [0.3, 0.4) is 0 Å². The third kappa shape index (κ3) is 9.75. The Morgan fingerprint density at radius 3 is 2.57 bits per heavy atom. The van der Waals surface area contributed by atoms with Gasteiger partial charge in [-0.1, -0.05) is 19.1 Å². The Kier molecular flexibility index (Phi) is 12.9. The van der Waals surface area contributed by atoms with E-state index in [0.29, 0.717) is 42.3 Å². The molecule has 4 rings (SSSR count). The molecule has 46 heavy (non-hydrogen) atoms. The van der Waals surface area contributed by atoms with Crippen LogP contribution in [0.4, 0.5) is 5.69 Å². The highest BCUT2D eigenvalue weighted by Gasteiger charge is 2.30. The van der Waals surface area contributed by atoms with Crippen LogP contribution >= 0.6 is 0 Å². The molecule has 2 amide bonds. The first-order valence-electron chi connectivity index (χ1n) is 16.1. The third-order valence-electron chi connectivity index (χ3n) is 8.36. The number of ether oxygens (including phenoxy) is 3. The fourth-order valence-corrected chi connectivity index (χ4v) is 5.58. The highest BCUT2D eigenvalue weighted by molar-refractivity contribution is 6.05. The van der Waals surface area contributed by atoms with Crippen LogP contribution in [-0.2, 0) is 11.3 Å². The van der Waals surface area contributed by atoms with E-state index in [9.17, 15) is 14.7 Å². The number of pyridine rings is 1. The SMILES string of the molecule is COc1ccc(CN(C)C[C@H]2OCCCC[C@H](C)Oc3ccc(NC(=O)c4ccncc4)cc3C(=O)N([C@@H](C)CO)C[C@H]2C)cc1. The molecule has 1 aliphatic heterocycles. The molecule has 4 atom stereocenters. The van der Waals surface area contributed by atoms with Crippen molar-refractivity contribution in [2.45, 2.75) is 64.8 Å². The van der Waals surface area contributed by atoms with Crippen LogP contribution in [0.15, 0.2) is 67.0 Å². The third-order valence-corrected chi connectivity index (χ3v) is 8.36. The summed E-state index contributed by atoms with van der Waals surface area (Å²) < 4.78 is 18.1. The first-order valence-corrected chi connectivity index (χ1v) is 16.1. The Hall–Kier alpha value is -3.99. The van der Waals surface area contributed by atoms with E-state index in [-0.39, 0.29) is 36.5 Å². The number of rotatable bonds is 9. The molecule has 0 saturated heterocycles. The lowest BCUT2D eigenvalue weighted by Crippen LogP contribution is -2.47. The zero-order valence-electron chi connectivity index (χ0n) is 27.6. The number of benzene rings is 2. The maximum Gasteiger partial charge on any atom is 0.258 e. The van der Waals surface area contributed by atoms with Crippen molar-refractivity contribution in [3.63, 3.8) is 0 Å². The molecule has 0 spiro atoms. The van der Waals surface area contributed by atoms with Gasteiger partial charge < -0.3 is 29.5 Å². The summed E-state index contributed by atoms with van der Waals surface area (Å²) in [4.78, 5) is 35.1. The second-order valence-electron chi connectivity index (χ2n) is 12.2. The predicted molar refractivity (Wildman–Crippen MR) is 178 cm³/mol. The molecule has 0 unspecified atom stereocenters. The number of anilines is 1. The highest BCUT2D eigenvalue weighted by Crippen LogP contribution is 2.29. The van der Waals surface area contributed by atoms with Gasteiger partial charge in [0.1, 0.15) is 11.5 Å². The highest BCUT2D eigenvalue weighted by atomic mass is 16.5. The zero-order chi connectivity index (χ0) is 33.1. The smallest absolute Gasteiger partial charge is 0.258 e. The Morgan fingerprint density at radius 2 is 1.87 bits per heavy atom. The van der Waals surface area contributed by atoms with Gasteiger partial charge in [-0.15, -0.1) is 0 Å². The van der Waals surface area contributed by atoms with E-state index in [4.69, 9.17) is 14.2 Å². The lowest BCUT2D eigenvalue weighted by atomic mass is 10.0. The number of aliphatic hydroxyl groups is 1. The van der Waals surface area contributed by atoms with Crippen molar-refractivity contribution >= 4 is 17.5 Å². The number of amides is 2. The molecule has 0 saturated carbocycles. The monoisotopic (exact) mass is 632 g/mol. The summed E-state index contributed by atoms with van der Waals surface area (Å²) in [5.74, 6) is 0.640. The number of carbonyl (C=O) groups is 2. The average Bonchev–Trinajstić information content (AvgIpc) is 3.06. The Bertz CT molecular complexity index is 1400. The molecular formula is C36H48N4O6. The second-order valence-corrected chi connectivity index (χ2v) is 12.2. The molecule has 2 heterocycles. The molecule has 3 aromatic rings. The standard InChI is InChI=1S/C36H48N4O6/c1-25-21-40(26(2)24-41)36(43)32-20-30(38-35(42)29-15-17-37-18-16-29)11-14-33(32)46-27(3)8-6-7-19-45-34(25)23-39(4)22-28-9-12-31(44-5)13-10-28/h9-18,20,25-27,34,41H,6-8,19,21-24H2,1-5H3,(H,38,42)/t25-,26+,27+,34-/m1/s1. The van der Waals surface area contributed by atoms with E-state index in [1.54, 1.807) is 54.7 Å². The van der Waals surface area contributed by atoms with E-state index >= 15 is 0 Å². The van der Waals surface area contributed by atoms with Crippen molar-refractivity contribution in [3.8, 4) is 11.5 Å². The number of carbonyl (C=O) groups excluding carboxylic acids is 2. The Morgan fingerprint density at radius 1 is 1.13 bits per heavy atom.